The summed E-state index contributed by atoms with van der Waals surface area (Å²) in [5.41, 5.74) is 1.21. The molecule has 0 aromatic carbocycles. The second-order valence-corrected chi connectivity index (χ2v) is 4.18. The van der Waals surface area contributed by atoms with Crippen molar-refractivity contribution in [1.29, 1.82) is 0 Å². The average molecular weight is 239 g/mol. The van der Waals surface area contributed by atoms with Gasteiger partial charge in [-0.05, 0) is 32.7 Å². The summed E-state index contributed by atoms with van der Waals surface area (Å²) in [6.07, 6.45) is 5.12. The van der Waals surface area contributed by atoms with Crippen molar-refractivity contribution in [2.75, 3.05) is 13.7 Å². The van der Waals surface area contributed by atoms with E-state index in [0.29, 0.717) is 6.04 Å². The second-order valence-electron chi connectivity index (χ2n) is 4.18. The summed E-state index contributed by atoms with van der Waals surface area (Å²) in [6, 6.07) is 0.588. The molecular weight excluding hydrogens is 214 g/mol. The van der Waals surface area contributed by atoms with Gasteiger partial charge in [0.2, 0.25) is 0 Å². The zero-order chi connectivity index (χ0) is 12.7. The van der Waals surface area contributed by atoms with Gasteiger partial charge < -0.3 is 10.1 Å². The molecule has 1 rings (SSSR count). The third-order valence-electron chi connectivity index (χ3n) is 3.15. The fourth-order valence-electron chi connectivity index (χ4n) is 2.14. The van der Waals surface area contributed by atoms with Crippen molar-refractivity contribution in [2.24, 2.45) is 0 Å². The van der Waals surface area contributed by atoms with Gasteiger partial charge >= 0.3 is 0 Å². The van der Waals surface area contributed by atoms with Crippen LogP contribution in [0.1, 0.15) is 39.3 Å². The molecule has 0 radical (unpaired) electrons. The van der Waals surface area contributed by atoms with Crippen LogP contribution in [0.4, 0.5) is 0 Å². The first-order valence-corrected chi connectivity index (χ1v) is 6.58. The Kier molecular flexibility index (Phi) is 6.05. The van der Waals surface area contributed by atoms with E-state index in [4.69, 9.17) is 4.74 Å². The highest BCUT2D eigenvalue weighted by atomic mass is 16.5. The Labute approximate surface area is 104 Å². The van der Waals surface area contributed by atoms with Crippen molar-refractivity contribution in [3.8, 4) is 5.75 Å². The number of hydrogen-bond donors (Lipinski definition) is 1. The first kappa shape index (κ1) is 14.0. The summed E-state index contributed by atoms with van der Waals surface area (Å²) in [5, 5.41) is 7.83. The van der Waals surface area contributed by atoms with Crippen LogP contribution in [0.15, 0.2) is 6.20 Å². The number of hydrogen-bond acceptors (Lipinski definition) is 3. The van der Waals surface area contributed by atoms with Gasteiger partial charge in [-0.1, -0.05) is 13.8 Å². The van der Waals surface area contributed by atoms with Gasteiger partial charge in [0.1, 0.15) is 0 Å². The SMILES string of the molecule is CCNC(CC)CCc1c(OC)cnn1CC. The third kappa shape index (κ3) is 3.73. The molecule has 0 aliphatic carbocycles. The van der Waals surface area contributed by atoms with Gasteiger partial charge in [-0.3, -0.25) is 4.68 Å². The van der Waals surface area contributed by atoms with E-state index in [1.165, 1.54) is 5.69 Å². The maximum atomic E-state index is 5.35. The van der Waals surface area contributed by atoms with Crippen molar-refractivity contribution < 1.29 is 4.74 Å². The summed E-state index contributed by atoms with van der Waals surface area (Å²) in [4.78, 5) is 0. The monoisotopic (exact) mass is 239 g/mol. The van der Waals surface area contributed by atoms with Crippen molar-refractivity contribution in [1.82, 2.24) is 15.1 Å². The van der Waals surface area contributed by atoms with Gasteiger partial charge in [-0.25, -0.2) is 0 Å². The zero-order valence-corrected chi connectivity index (χ0v) is 11.5. The van der Waals surface area contributed by atoms with Gasteiger partial charge in [0.15, 0.2) is 5.75 Å². The average Bonchev–Trinajstić information content (AvgIpc) is 2.76. The normalized spacial score (nSPS) is 12.7. The molecule has 1 aromatic rings. The smallest absolute Gasteiger partial charge is 0.159 e. The van der Waals surface area contributed by atoms with Gasteiger partial charge in [-0.2, -0.15) is 5.10 Å². The minimum absolute atomic E-state index is 0.588. The van der Waals surface area contributed by atoms with Crippen molar-refractivity contribution in [3.63, 3.8) is 0 Å². The molecule has 0 aliphatic rings. The van der Waals surface area contributed by atoms with E-state index >= 15 is 0 Å². The highest BCUT2D eigenvalue weighted by Crippen LogP contribution is 2.20. The van der Waals surface area contributed by atoms with E-state index < -0.39 is 0 Å². The molecule has 0 amide bonds. The predicted octanol–water partition coefficient (Wildman–Crippen LogP) is 2.23. The molecule has 1 aromatic heterocycles. The molecule has 0 saturated heterocycles. The van der Waals surface area contributed by atoms with Crippen LogP contribution < -0.4 is 10.1 Å². The molecule has 0 spiro atoms. The Balaban J connectivity index is 2.63. The quantitative estimate of drug-likeness (QED) is 0.756. The number of ether oxygens (including phenoxy) is 1. The lowest BCUT2D eigenvalue weighted by Gasteiger charge is -2.16. The van der Waals surface area contributed by atoms with Crippen LogP contribution in [0.25, 0.3) is 0 Å². The lowest BCUT2D eigenvalue weighted by Crippen LogP contribution is -2.28. The molecule has 98 valence electrons. The van der Waals surface area contributed by atoms with E-state index in [1.807, 2.05) is 10.9 Å². The highest BCUT2D eigenvalue weighted by molar-refractivity contribution is 5.25. The fraction of sp³-hybridized carbons (Fsp3) is 0.769. The third-order valence-corrected chi connectivity index (χ3v) is 3.15. The van der Waals surface area contributed by atoms with E-state index in [-0.39, 0.29) is 0 Å². The second kappa shape index (κ2) is 7.33. The van der Waals surface area contributed by atoms with Gasteiger partial charge in [0.05, 0.1) is 19.0 Å². The molecule has 1 unspecified atom stereocenters. The van der Waals surface area contributed by atoms with E-state index in [2.05, 4.69) is 31.2 Å². The number of nitrogens with one attached hydrogen (secondary N) is 1. The maximum absolute atomic E-state index is 5.35. The zero-order valence-electron chi connectivity index (χ0n) is 11.5. The molecule has 4 nitrogen and oxygen atoms in total. The topological polar surface area (TPSA) is 39.1 Å². The van der Waals surface area contributed by atoms with E-state index in [1.54, 1.807) is 7.11 Å². The van der Waals surface area contributed by atoms with Gasteiger partial charge in [0.25, 0.3) is 0 Å². The van der Waals surface area contributed by atoms with Gasteiger partial charge in [-0.15, -0.1) is 0 Å². The first-order chi connectivity index (χ1) is 8.26. The minimum Gasteiger partial charge on any atom is -0.493 e. The number of aryl methyl sites for hydroxylation is 1. The number of rotatable bonds is 8. The van der Waals surface area contributed by atoms with Crippen LogP contribution in [0.3, 0.4) is 0 Å². The standard InChI is InChI=1S/C13H25N3O/c1-5-11(14-6-2)8-9-12-13(17-4)10-15-16(12)7-3/h10-11,14H,5-9H2,1-4H3. The molecule has 0 aliphatic heterocycles. The Morgan fingerprint density at radius 3 is 2.71 bits per heavy atom. The van der Waals surface area contributed by atoms with Crippen LogP contribution >= 0.6 is 0 Å². The fourth-order valence-corrected chi connectivity index (χ4v) is 2.14. The minimum atomic E-state index is 0.588. The Bertz CT molecular complexity index is 301. The Hall–Kier alpha value is -1.03. The molecule has 0 saturated carbocycles. The summed E-state index contributed by atoms with van der Waals surface area (Å²) < 4.78 is 7.38. The van der Waals surface area contributed by atoms with Crippen molar-refractivity contribution >= 4 is 0 Å². The summed E-state index contributed by atoms with van der Waals surface area (Å²) in [6.45, 7) is 8.41. The Morgan fingerprint density at radius 1 is 1.41 bits per heavy atom. The number of nitrogens with zero attached hydrogens (tertiary/aromatic N) is 2. The molecule has 1 atom stereocenters. The summed E-state index contributed by atoms with van der Waals surface area (Å²) >= 11 is 0. The molecule has 0 fully saturated rings. The maximum Gasteiger partial charge on any atom is 0.159 e. The molecular formula is C13H25N3O. The number of methoxy groups -OCH3 is 1. The van der Waals surface area contributed by atoms with Crippen LogP contribution in [-0.4, -0.2) is 29.5 Å². The van der Waals surface area contributed by atoms with Crippen LogP contribution in [0, 0.1) is 0 Å². The highest BCUT2D eigenvalue weighted by Gasteiger charge is 2.12. The predicted molar refractivity (Wildman–Crippen MR) is 70.5 cm³/mol. The summed E-state index contributed by atoms with van der Waals surface area (Å²) in [5.74, 6) is 0.915. The lowest BCUT2D eigenvalue weighted by atomic mass is 10.1. The molecule has 1 heterocycles. The van der Waals surface area contributed by atoms with Crippen LogP contribution in [-0.2, 0) is 13.0 Å². The van der Waals surface area contributed by atoms with Crippen LogP contribution in [0.5, 0.6) is 5.75 Å². The van der Waals surface area contributed by atoms with Crippen LogP contribution in [0.2, 0.25) is 0 Å². The van der Waals surface area contributed by atoms with Gasteiger partial charge in [0, 0.05) is 12.6 Å². The molecule has 1 N–H and O–H groups in total. The molecule has 17 heavy (non-hydrogen) atoms. The first-order valence-electron chi connectivity index (χ1n) is 6.58. The van der Waals surface area contributed by atoms with Crippen molar-refractivity contribution in [3.05, 3.63) is 11.9 Å². The largest absolute Gasteiger partial charge is 0.493 e. The molecule has 4 heteroatoms. The summed E-state index contributed by atoms with van der Waals surface area (Å²) in [7, 11) is 1.71. The molecule has 0 bridgehead atoms. The van der Waals surface area contributed by atoms with E-state index in [9.17, 15) is 0 Å². The Morgan fingerprint density at radius 2 is 2.18 bits per heavy atom. The lowest BCUT2D eigenvalue weighted by molar-refractivity contribution is 0.402. The van der Waals surface area contributed by atoms with Crippen molar-refractivity contribution in [2.45, 2.75) is 52.6 Å². The van der Waals surface area contributed by atoms with E-state index in [0.717, 1.165) is 38.1 Å². The number of aromatic nitrogens is 2.